The van der Waals surface area contributed by atoms with Crippen LogP contribution in [-0.4, -0.2) is 45.6 Å². The second-order valence-electron chi connectivity index (χ2n) is 6.58. The van der Waals surface area contributed by atoms with Crippen LogP contribution in [0.4, 0.5) is 26.3 Å². The number of ketones is 1. The van der Waals surface area contributed by atoms with Crippen LogP contribution in [-0.2, 0) is 0 Å². The SMILES string of the molecule is C[C@@H](Oc1nncn1-c1ccc(OCC(F)(F)C(F)F)cc1)C(=O)c1ccc(F)cc1F. The van der Waals surface area contributed by atoms with Gasteiger partial charge in [-0.15, -0.1) is 5.10 Å². The fourth-order valence-electron chi connectivity index (χ4n) is 2.55. The van der Waals surface area contributed by atoms with E-state index in [0.29, 0.717) is 11.8 Å². The van der Waals surface area contributed by atoms with Crippen molar-refractivity contribution in [1.29, 1.82) is 0 Å². The molecule has 2 aromatic carbocycles. The average Bonchev–Trinajstić information content (AvgIpc) is 3.20. The zero-order chi connectivity index (χ0) is 23.5. The Morgan fingerprint density at radius 2 is 1.81 bits per heavy atom. The van der Waals surface area contributed by atoms with E-state index in [4.69, 9.17) is 9.47 Å². The lowest BCUT2D eigenvalue weighted by Gasteiger charge is -2.16. The molecule has 0 spiro atoms. The number of Topliss-reactive ketones (excluding diaryl/α,β-unsaturated/α-hetero) is 1. The Morgan fingerprint density at radius 3 is 2.44 bits per heavy atom. The number of rotatable bonds is 9. The van der Waals surface area contributed by atoms with Gasteiger partial charge in [-0.05, 0) is 43.3 Å². The molecule has 0 aliphatic rings. The molecule has 0 aliphatic carbocycles. The molecule has 0 unspecified atom stereocenters. The van der Waals surface area contributed by atoms with Gasteiger partial charge in [0.1, 0.15) is 23.7 Å². The van der Waals surface area contributed by atoms with Crippen LogP contribution in [0.3, 0.4) is 0 Å². The van der Waals surface area contributed by atoms with Crippen LogP contribution in [0.25, 0.3) is 5.69 Å². The molecule has 0 amide bonds. The highest BCUT2D eigenvalue weighted by atomic mass is 19.3. The fraction of sp³-hybridized carbons (Fsp3) is 0.250. The zero-order valence-corrected chi connectivity index (χ0v) is 16.3. The maximum absolute atomic E-state index is 13.9. The van der Waals surface area contributed by atoms with Crippen molar-refractivity contribution in [3.63, 3.8) is 0 Å². The summed E-state index contributed by atoms with van der Waals surface area (Å²) in [6.45, 7) is -0.158. The predicted molar refractivity (Wildman–Crippen MR) is 98.6 cm³/mol. The topological polar surface area (TPSA) is 66.2 Å². The first-order valence-electron chi connectivity index (χ1n) is 9.03. The van der Waals surface area contributed by atoms with Crippen LogP contribution in [0, 0.1) is 11.6 Å². The number of nitrogens with zero attached hydrogens (tertiary/aromatic N) is 3. The van der Waals surface area contributed by atoms with Crippen LogP contribution >= 0.6 is 0 Å². The highest BCUT2D eigenvalue weighted by Crippen LogP contribution is 2.25. The molecule has 0 fully saturated rings. The highest BCUT2D eigenvalue weighted by molar-refractivity contribution is 5.99. The molecule has 0 saturated heterocycles. The monoisotopic (exact) mass is 459 g/mol. The van der Waals surface area contributed by atoms with Gasteiger partial charge in [-0.2, -0.15) is 8.78 Å². The summed E-state index contributed by atoms with van der Waals surface area (Å²) in [5.74, 6) is -7.01. The van der Waals surface area contributed by atoms with Gasteiger partial charge in [0.05, 0.1) is 11.3 Å². The number of ether oxygens (including phenoxy) is 2. The number of hydrogen-bond acceptors (Lipinski definition) is 5. The van der Waals surface area contributed by atoms with Gasteiger partial charge in [-0.25, -0.2) is 17.6 Å². The fourth-order valence-corrected chi connectivity index (χ4v) is 2.55. The van der Waals surface area contributed by atoms with E-state index in [1.807, 2.05) is 0 Å². The Bertz CT molecular complexity index is 1090. The Morgan fingerprint density at radius 1 is 1.12 bits per heavy atom. The van der Waals surface area contributed by atoms with E-state index in [0.717, 1.165) is 12.1 Å². The Kier molecular flexibility index (Phi) is 6.70. The van der Waals surface area contributed by atoms with Crippen LogP contribution < -0.4 is 9.47 Å². The molecular formula is C20H15F6N3O3. The lowest BCUT2D eigenvalue weighted by atomic mass is 10.1. The van der Waals surface area contributed by atoms with Crippen molar-refractivity contribution in [2.45, 2.75) is 25.4 Å². The summed E-state index contributed by atoms with van der Waals surface area (Å²) in [5.41, 5.74) is -0.00218. The molecule has 1 heterocycles. The molecule has 6 nitrogen and oxygen atoms in total. The van der Waals surface area contributed by atoms with Gasteiger partial charge in [-0.3, -0.25) is 9.36 Å². The maximum Gasteiger partial charge on any atom is 0.340 e. The normalized spacial score (nSPS) is 12.6. The minimum absolute atomic E-state index is 0.0834. The quantitative estimate of drug-likeness (QED) is 0.349. The molecule has 32 heavy (non-hydrogen) atoms. The molecule has 3 aromatic rings. The summed E-state index contributed by atoms with van der Waals surface area (Å²) >= 11 is 0. The lowest BCUT2D eigenvalue weighted by molar-refractivity contribution is -0.148. The molecule has 0 radical (unpaired) electrons. The number of aromatic nitrogens is 3. The van der Waals surface area contributed by atoms with E-state index in [1.54, 1.807) is 0 Å². The van der Waals surface area contributed by atoms with Gasteiger partial charge in [0, 0.05) is 6.07 Å². The van der Waals surface area contributed by atoms with Crippen molar-refractivity contribution in [2.24, 2.45) is 0 Å². The van der Waals surface area contributed by atoms with E-state index < -0.39 is 42.5 Å². The number of carbonyl (C=O) groups is 1. The van der Waals surface area contributed by atoms with Crippen molar-refractivity contribution in [3.8, 4) is 17.4 Å². The first-order chi connectivity index (χ1) is 15.1. The smallest absolute Gasteiger partial charge is 0.340 e. The van der Waals surface area contributed by atoms with Gasteiger partial charge in [-0.1, -0.05) is 5.10 Å². The molecule has 1 aromatic heterocycles. The molecule has 170 valence electrons. The summed E-state index contributed by atoms with van der Waals surface area (Å²) < 4.78 is 88.6. The van der Waals surface area contributed by atoms with Crippen molar-refractivity contribution < 1.29 is 40.6 Å². The van der Waals surface area contributed by atoms with Crippen molar-refractivity contribution in [2.75, 3.05) is 6.61 Å². The average molecular weight is 459 g/mol. The van der Waals surface area contributed by atoms with Gasteiger partial charge >= 0.3 is 18.4 Å². The van der Waals surface area contributed by atoms with E-state index in [1.165, 1.54) is 42.1 Å². The molecular weight excluding hydrogens is 444 g/mol. The standard InChI is InChI=1S/C20H15F6N3O3/c1-11(17(30)15-7-2-12(21)8-16(15)22)32-19-28-27-10-29(19)13-3-5-14(6-4-13)31-9-20(25,26)18(23)24/h2-8,10-11,18H,9H2,1H3/t11-/m1/s1. The predicted octanol–water partition coefficient (Wildman–Crippen LogP) is 4.47. The Hall–Kier alpha value is -3.57. The molecule has 3 rings (SSSR count). The van der Waals surface area contributed by atoms with Crippen LogP contribution in [0.2, 0.25) is 0 Å². The third-order valence-corrected chi connectivity index (χ3v) is 4.23. The Balaban J connectivity index is 1.70. The van der Waals surface area contributed by atoms with Gasteiger partial charge in [0.15, 0.2) is 12.7 Å². The summed E-state index contributed by atoms with van der Waals surface area (Å²) in [6.07, 6.45) is -3.84. The van der Waals surface area contributed by atoms with Crippen LogP contribution in [0.5, 0.6) is 11.8 Å². The van der Waals surface area contributed by atoms with Gasteiger partial charge in [0.2, 0.25) is 5.78 Å². The molecule has 0 aliphatic heterocycles. The van der Waals surface area contributed by atoms with Crippen LogP contribution in [0.1, 0.15) is 17.3 Å². The summed E-state index contributed by atoms with van der Waals surface area (Å²) in [6, 6.07) is 7.64. The number of benzene rings is 2. The first-order valence-corrected chi connectivity index (χ1v) is 9.03. The number of alkyl halides is 4. The van der Waals surface area contributed by atoms with E-state index in [9.17, 15) is 31.1 Å². The third-order valence-electron chi connectivity index (χ3n) is 4.23. The summed E-state index contributed by atoms with van der Waals surface area (Å²) in [7, 11) is 0. The lowest BCUT2D eigenvalue weighted by Crippen LogP contribution is -2.33. The first kappa shape index (κ1) is 23.1. The van der Waals surface area contributed by atoms with E-state index >= 15 is 0 Å². The van der Waals surface area contributed by atoms with E-state index in [2.05, 4.69) is 10.2 Å². The number of carbonyl (C=O) groups excluding carboxylic acids is 1. The summed E-state index contributed by atoms with van der Waals surface area (Å²) in [4.78, 5) is 12.4. The second-order valence-corrected chi connectivity index (χ2v) is 6.58. The molecule has 0 bridgehead atoms. The molecule has 0 N–H and O–H groups in total. The minimum Gasteiger partial charge on any atom is -0.487 e. The van der Waals surface area contributed by atoms with E-state index in [-0.39, 0.29) is 17.3 Å². The van der Waals surface area contributed by atoms with Crippen molar-refractivity contribution >= 4 is 5.78 Å². The second kappa shape index (κ2) is 9.28. The molecule has 0 saturated carbocycles. The third kappa shape index (κ3) is 5.18. The van der Waals surface area contributed by atoms with Gasteiger partial charge < -0.3 is 9.47 Å². The van der Waals surface area contributed by atoms with Crippen LogP contribution in [0.15, 0.2) is 48.8 Å². The maximum atomic E-state index is 13.9. The zero-order valence-electron chi connectivity index (χ0n) is 16.3. The molecule has 12 heteroatoms. The number of halogens is 6. The Labute approximate surface area is 177 Å². The van der Waals surface area contributed by atoms with Crippen molar-refractivity contribution in [1.82, 2.24) is 14.8 Å². The molecule has 1 atom stereocenters. The summed E-state index contributed by atoms with van der Waals surface area (Å²) in [5, 5.41) is 7.39. The van der Waals surface area contributed by atoms with Gasteiger partial charge in [0.25, 0.3) is 0 Å². The number of hydrogen-bond donors (Lipinski definition) is 0. The van der Waals surface area contributed by atoms with Crippen molar-refractivity contribution in [3.05, 3.63) is 66.0 Å². The highest BCUT2D eigenvalue weighted by Gasteiger charge is 2.41. The minimum atomic E-state index is -4.29. The largest absolute Gasteiger partial charge is 0.487 e.